The van der Waals surface area contributed by atoms with Gasteiger partial charge in [0.2, 0.25) is 5.82 Å². The molecule has 1 aliphatic rings. The summed E-state index contributed by atoms with van der Waals surface area (Å²) in [5.74, 6) is -1.11. The van der Waals surface area contributed by atoms with Crippen molar-refractivity contribution in [1.29, 1.82) is 0 Å². The molecule has 4 nitrogen and oxygen atoms in total. The van der Waals surface area contributed by atoms with Gasteiger partial charge in [-0.1, -0.05) is 0 Å². The van der Waals surface area contributed by atoms with Crippen molar-refractivity contribution in [2.24, 2.45) is 0 Å². The van der Waals surface area contributed by atoms with Crippen molar-refractivity contribution in [3.8, 4) is 0 Å². The van der Waals surface area contributed by atoms with Crippen molar-refractivity contribution >= 4 is 5.97 Å². The van der Waals surface area contributed by atoms with E-state index in [1.165, 1.54) is 0 Å². The molecule has 0 aromatic carbocycles. The Balaban J connectivity index is 2.51. The van der Waals surface area contributed by atoms with Gasteiger partial charge in [-0.3, -0.25) is 0 Å². The maximum Gasteiger partial charge on any atom is 0.373 e. The number of carboxylic acid groups (broad SMARTS) is 1. The molecule has 14 heavy (non-hydrogen) atoms. The van der Waals surface area contributed by atoms with Crippen LogP contribution in [0.2, 0.25) is 0 Å². The van der Waals surface area contributed by atoms with Crippen LogP contribution in [-0.4, -0.2) is 21.0 Å². The van der Waals surface area contributed by atoms with Crippen LogP contribution in [0.5, 0.6) is 0 Å². The summed E-state index contributed by atoms with van der Waals surface area (Å²) in [5.41, 5.74) is 2.91. The molecule has 4 heteroatoms. The third-order valence-corrected chi connectivity index (χ3v) is 2.58. The summed E-state index contributed by atoms with van der Waals surface area (Å²) >= 11 is 0. The molecule has 0 saturated carbocycles. The average molecular weight is 192 g/mol. The molecule has 0 unspecified atom stereocenters. The number of aromatic nitrogens is 2. The van der Waals surface area contributed by atoms with Crippen LogP contribution in [0.1, 0.15) is 40.4 Å². The molecule has 1 aromatic rings. The highest BCUT2D eigenvalue weighted by atomic mass is 16.4. The Morgan fingerprint density at radius 2 is 2.00 bits per heavy atom. The molecule has 0 spiro atoms. The SMILES string of the molecule is Cc1nc(C(=O)O)nc2c1CCCC2. The van der Waals surface area contributed by atoms with Gasteiger partial charge in [-0.25, -0.2) is 14.8 Å². The molecule has 0 fully saturated rings. The lowest BCUT2D eigenvalue weighted by molar-refractivity contribution is 0.0682. The molecule has 0 amide bonds. The van der Waals surface area contributed by atoms with Crippen molar-refractivity contribution in [2.75, 3.05) is 0 Å². The van der Waals surface area contributed by atoms with Gasteiger partial charge >= 0.3 is 5.97 Å². The lowest BCUT2D eigenvalue weighted by Crippen LogP contribution is -2.14. The van der Waals surface area contributed by atoms with E-state index < -0.39 is 5.97 Å². The Morgan fingerprint density at radius 3 is 2.71 bits per heavy atom. The van der Waals surface area contributed by atoms with Gasteiger partial charge in [0.05, 0.1) is 0 Å². The minimum Gasteiger partial charge on any atom is -0.475 e. The highest BCUT2D eigenvalue weighted by Gasteiger charge is 2.17. The van der Waals surface area contributed by atoms with Crippen LogP contribution in [0.25, 0.3) is 0 Å². The summed E-state index contributed by atoms with van der Waals surface area (Å²) in [5, 5.41) is 8.79. The number of carbonyl (C=O) groups is 1. The molecule has 1 heterocycles. The highest BCUT2D eigenvalue weighted by molar-refractivity contribution is 5.83. The maximum atomic E-state index is 10.7. The average Bonchev–Trinajstić information content (AvgIpc) is 2.17. The van der Waals surface area contributed by atoms with Gasteiger partial charge < -0.3 is 5.11 Å². The summed E-state index contributed by atoms with van der Waals surface area (Å²) in [4.78, 5) is 18.8. The Bertz CT molecular complexity index is 388. The lowest BCUT2D eigenvalue weighted by Gasteiger charge is -2.16. The standard InChI is InChI=1S/C10H12N2O2/c1-6-7-4-2-3-5-8(7)12-9(11-6)10(13)14/h2-5H2,1H3,(H,13,14). The van der Waals surface area contributed by atoms with E-state index in [1.807, 2.05) is 6.92 Å². The van der Waals surface area contributed by atoms with Crippen molar-refractivity contribution < 1.29 is 9.90 Å². The smallest absolute Gasteiger partial charge is 0.373 e. The number of fused-ring (bicyclic) bond motifs is 1. The van der Waals surface area contributed by atoms with Gasteiger partial charge in [-0.2, -0.15) is 0 Å². The second kappa shape index (κ2) is 3.36. The first-order chi connectivity index (χ1) is 6.68. The van der Waals surface area contributed by atoms with Crippen LogP contribution in [0.4, 0.5) is 0 Å². The van der Waals surface area contributed by atoms with E-state index >= 15 is 0 Å². The number of aromatic carboxylic acids is 1. The van der Waals surface area contributed by atoms with Gasteiger partial charge in [-0.05, 0) is 38.2 Å². The monoisotopic (exact) mass is 192 g/mol. The number of hydrogen-bond donors (Lipinski definition) is 1. The predicted molar refractivity (Wildman–Crippen MR) is 50.4 cm³/mol. The minimum atomic E-state index is -1.04. The number of rotatable bonds is 1. The normalized spacial score (nSPS) is 14.9. The van der Waals surface area contributed by atoms with Gasteiger partial charge in [0, 0.05) is 11.4 Å². The zero-order chi connectivity index (χ0) is 10.1. The molecule has 0 bridgehead atoms. The van der Waals surface area contributed by atoms with Crippen molar-refractivity contribution in [1.82, 2.24) is 9.97 Å². The van der Waals surface area contributed by atoms with Crippen LogP contribution < -0.4 is 0 Å². The fourth-order valence-corrected chi connectivity index (χ4v) is 1.88. The van der Waals surface area contributed by atoms with Crippen molar-refractivity contribution in [3.05, 3.63) is 22.8 Å². The van der Waals surface area contributed by atoms with Crippen LogP contribution in [0, 0.1) is 6.92 Å². The fraction of sp³-hybridized carbons (Fsp3) is 0.500. The zero-order valence-corrected chi connectivity index (χ0v) is 8.08. The van der Waals surface area contributed by atoms with Crippen molar-refractivity contribution in [2.45, 2.75) is 32.6 Å². The minimum absolute atomic E-state index is 0.0665. The van der Waals surface area contributed by atoms with Gasteiger partial charge in [-0.15, -0.1) is 0 Å². The fourth-order valence-electron chi connectivity index (χ4n) is 1.88. The number of nitrogens with zero attached hydrogens (tertiary/aromatic N) is 2. The summed E-state index contributed by atoms with van der Waals surface area (Å²) in [6, 6.07) is 0. The van der Waals surface area contributed by atoms with Crippen LogP contribution in [-0.2, 0) is 12.8 Å². The van der Waals surface area contributed by atoms with Crippen LogP contribution in [0.3, 0.4) is 0 Å². The van der Waals surface area contributed by atoms with Crippen LogP contribution >= 0.6 is 0 Å². The zero-order valence-electron chi connectivity index (χ0n) is 8.08. The molecule has 1 N–H and O–H groups in total. The van der Waals surface area contributed by atoms with E-state index in [0.29, 0.717) is 0 Å². The summed E-state index contributed by atoms with van der Waals surface area (Å²) in [7, 11) is 0. The Morgan fingerprint density at radius 1 is 1.29 bits per heavy atom. The lowest BCUT2D eigenvalue weighted by atomic mass is 9.95. The molecular weight excluding hydrogens is 180 g/mol. The number of hydrogen-bond acceptors (Lipinski definition) is 3. The first-order valence-corrected chi connectivity index (χ1v) is 4.78. The van der Waals surface area contributed by atoms with E-state index in [1.54, 1.807) is 0 Å². The van der Waals surface area contributed by atoms with E-state index in [2.05, 4.69) is 9.97 Å². The van der Waals surface area contributed by atoms with E-state index in [-0.39, 0.29) is 5.82 Å². The van der Waals surface area contributed by atoms with Gasteiger partial charge in [0.25, 0.3) is 0 Å². The van der Waals surface area contributed by atoms with E-state index in [4.69, 9.17) is 5.11 Å². The maximum absolute atomic E-state index is 10.7. The number of aryl methyl sites for hydroxylation is 2. The Labute approximate surface area is 82.0 Å². The topological polar surface area (TPSA) is 63.1 Å². The van der Waals surface area contributed by atoms with Crippen LogP contribution in [0.15, 0.2) is 0 Å². The molecule has 1 aliphatic carbocycles. The predicted octanol–water partition coefficient (Wildman–Crippen LogP) is 1.36. The van der Waals surface area contributed by atoms with E-state index in [9.17, 15) is 4.79 Å². The summed E-state index contributed by atoms with van der Waals surface area (Å²) in [6.45, 7) is 1.86. The van der Waals surface area contributed by atoms with E-state index in [0.717, 1.165) is 42.6 Å². The van der Waals surface area contributed by atoms with Gasteiger partial charge in [0.1, 0.15) is 0 Å². The molecule has 0 saturated heterocycles. The summed E-state index contributed by atoms with van der Waals surface area (Å²) in [6.07, 6.45) is 4.13. The van der Waals surface area contributed by atoms with Gasteiger partial charge in [0.15, 0.2) is 0 Å². The molecule has 0 atom stereocenters. The summed E-state index contributed by atoms with van der Waals surface area (Å²) < 4.78 is 0. The molecule has 0 aliphatic heterocycles. The molecule has 74 valence electrons. The second-order valence-corrected chi connectivity index (χ2v) is 3.57. The Kier molecular flexibility index (Phi) is 2.19. The van der Waals surface area contributed by atoms with Crippen molar-refractivity contribution in [3.63, 3.8) is 0 Å². The first kappa shape index (κ1) is 9.12. The molecule has 2 rings (SSSR count). The number of carboxylic acids is 1. The highest BCUT2D eigenvalue weighted by Crippen LogP contribution is 2.21. The molecular formula is C10H12N2O2. The second-order valence-electron chi connectivity index (χ2n) is 3.57. The Hall–Kier alpha value is -1.45. The molecule has 0 radical (unpaired) electrons. The molecule has 1 aromatic heterocycles. The third kappa shape index (κ3) is 1.47. The largest absolute Gasteiger partial charge is 0.475 e. The third-order valence-electron chi connectivity index (χ3n) is 2.58. The quantitative estimate of drug-likeness (QED) is 0.729. The first-order valence-electron chi connectivity index (χ1n) is 4.78.